The maximum Gasteiger partial charge on any atom is 0.177 e. The van der Waals surface area contributed by atoms with Gasteiger partial charge in [-0.2, -0.15) is 0 Å². The van der Waals surface area contributed by atoms with Gasteiger partial charge in [-0.1, -0.05) is 31.9 Å². The summed E-state index contributed by atoms with van der Waals surface area (Å²) in [6, 6.07) is 0. The lowest BCUT2D eigenvalue weighted by Crippen LogP contribution is -2.19. The third-order valence-corrected chi connectivity index (χ3v) is 5.92. The van der Waals surface area contributed by atoms with Gasteiger partial charge in [0.2, 0.25) is 0 Å². The summed E-state index contributed by atoms with van der Waals surface area (Å²) < 4.78 is 0. The monoisotopic (exact) mass is 360 g/mol. The second-order valence-corrected chi connectivity index (χ2v) is 6.24. The molecule has 1 atom stereocenters. The summed E-state index contributed by atoms with van der Waals surface area (Å²) >= 11 is 6.76. The molecule has 1 unspecified atom stereocenters. The quantitative estimate of drug-likeness (QED) is 0.569. The Kier molecular flexibility index (Phi) is 4.96. The van der Waals surface area contributed by atoms with Gasteiger partial charge in [0.1, 0.15) is 0 Å². The molecule has 0 saturated heterocycles. The lowest BCUT2D eigenvalue weighted by Gasteiger charge is -2.19. The average Bonchev–Trinajstić information content (AvgIpc) is 2.32. The van der Waals surface area contributed by atoms with Gasteiger partial charge in [0.05, 0.1) is 4.83 Å². The Balaban J connectivity index is 3.50. The van der Waals surface area contributed by atoms with E-state index in [9.17, 15) is 4.79 Å². The highest BCUT2D eigenvalue weighted by molar-refractivity contribution is 9.12. The molecule has 0 aliphatic heterocycles. The summed E-state index contributed by atoms with van der Waals surface area (Å²) in [6.45, 7) is 10.4. The first-order valence-electron chi connectivity index (χ1n) is 5.64. The molecule has 0 radical (unpaired) electrons. The van der Waals surface area contributed by atoms with E-state index >= 15 is 0 Å². The van der Waals surface area contributed by atoms with Crippen LogP contribution in [-0.4, -0.2) is 15.9 Å². The summed E-state index contributed by atoms with van der Waals surface area (Å²) in [5.41, 5.74) is 6.85. The lowest BCUT2D eigenvalue weighted by atomic mass is 9.87. The molecule has 0 fully saturated rings. The molecule has 1 rings (SSSR count). The van der Waals surface area contributed by atoms with Crippen molar-refractivity contribution in [3.05, 3.63) is 33.4 Å². The molecular formula is C14H18Br2O. The summed E-state index contributed by atoms with van der Waals surface area (Å²) in [4.78, 5) is 12.2. The Morgan fingerprint density at radius 3 is 1.65 bits per heavy atom. The molecule has 1 aromatic carbocycles. The van der Waals surface area contributed by atoms with E-state index in [1.165, 1.54) is 16.7 Å². The Morgan fingerprint density at radius 1 is 0.941 bits per heavy atom. The molecule has 1 aromatic rings. The third-order valence-electron chi connectivity index (χ3n) is 3.67. The Labute approximate surface area is 120 Å². The highest BCUT2D eigenvalue weighted by atomic mass is 79.9. The van der Waals surface area contributed by atoms with Crippen LogP contribution in [0.5, 0.6) is 0 Å². The molecule has 17 heavy (non-hydrogen) atoms. The van der Waals surface area contributed by atoms with Crippen LogP contribution in [0, 0.1) is 34.6 Å². The molecule has 0 saturated carbocycles. The van der Waals surface area contributed by atoms with Crippen LogP contribution in [0.25, 0.3) is 0 Å². The molecule has 0 N–H and O–H groups in total. The van der Waals surface area contributed by atoms with E-state index in [1.54, 1.807) is 0 Å². The van der Waals surface area contributed by atoms with E-state index in [1.807, 2.05) is 13.8 Å². The fourth-order valence-electron chi connectivity index (χ4n) is 2.10. The number of hydrogen-bond acceptors (Lipinski definition) is 1. The standard InChI is InChI=1S/C14H18Br2O/c1-7-8(2)10(4)13(11(5)9(7)3)14(17)12(16)6-15/h12H,6H2,1-5H3. The van der Waals surface area contributed by atoms with Crippen LogP contribution in [0.3, 0.4) is 0 Å². The summed E-state index contributed by atoms with van der Waals surface area (Å²) in [6.07, 6.45) is 0. The van der Waals surface area contributed by atoms with Crippen LogP contribution < -0.4 is 0 Å². The second-order valence-electron chi connectivity index (χ2n) is 4.49. The van der Waals surface area contributed by atoms with E-state index in [0.29, 0.717) is 5.33 Å². The predicted octanol–water partition coefficient (Wildman–Crippen LogP) is 4.57. The van der Waals surface area contributed by atoms with Gasteiger partial charge in [-0.25, -0.2) is 0 Å². The number of hydrogen-bond donors (Lipinski definition) is 0. The van der Waals surface area contributed by atoms with Crippen molar-refractivity contribution in [1.82, 2.24) is 0 Å². The highest BCUT2D eigenvalue weighted by Gasteiger charge is 2.22. The van der Waals surface area contributed by atoms with E-state index < -0.39 is 0 Å². The van der Waals surface area contributed by atoms with Crippen molar-refractivity contribution in [3.63, 3.8) is 0 Å². The zero-order valence-corrected chi connectivity index (χ0v) is 14.1. The molecule has 0 aliphatic carbocycles. The van der Waals surface area contributed by atoms with Crippen molar-refractivity contribution in [2.24, 2.45) is 0 Å². The van der Waals surface area contributed by atoms with Gasteiger partial charge in [-0.3, -0.25) is 4.79 Å². The van der Waals surface area contributed by atoms with Gasteiger partial charge in [-0.15, -0.1) is 0 Å². The Hall–Kier alpha value is -0.150. The Bertz CT molecular complexity index is 435. The topological polar surface area (TPSA) is 17.1 Å². The van der Waals surface area contributed by atoms with Gasteiger partial charge >= 0.3 is 0 Å². The largest absolute Gasteiger partial charge is 0.293 e. The van der Waals surface area contributed by atoms with Gasteiger partial charge in [0, 0.05) is 10.9 Å². The number of Topliss-reactive ketones (excluding diaryl/α,β-unsaturated/α-hetero) is 1. The first kappa shape index (κ1) is 14.9. The molecule has 0 heterocycles. The number of carbonyl (C=O) groups is 1. The maximum atomic E-state index is 12.4. The summed E-state index contributed by atoms with van der Waals surface area (Å²) in [5.74, 6) is 0.170. The fourth-order valence-corrected chi connectivity index (χ4v) is 2.62. The van der Waals surface area contributed by atoms with Crippen LogP contribution in [0.2, 0.25) is 0 Å². The van der Waals surface area contributed by atoms with Crippen molar-refractivity contribution in [1.29, 1.82) is 0 Å². The highest BCUT2D eigenvalue weighted by Crippen LogP contribution is 2.28. The number of ketones is 1. The molecule has 0 amide bonds. The average molecular weight is 362 g/mol. The van der Waals surface area contributed by atoms with Crippen LogP contribution in [0.15, 0.2) is 0 Å². The van der Waals surface area contributed by atoms with Gasteiger partial charge in [0.15, 0.2) is 5.78 Å². The first-order valence-corrected chi connectivity index (χ1v) is 7.67. The zero-order chi connectivity index (χ0) is 13.3. The minimum Gasteiger partial charge on any atom is -0.293 e. The normalized spacial score (nSPS) is 12.6. The van der Waals surface area contributed by atoms with Crippen LogP contribution in [-0.2, 0) is 0 Å². The number of halogens is 2. The van der Waals surface area contributed by atoms with Crippen LogP contribution in [0.1, 0.15) is 38.2 Å². The van der Waals surface area contributed by atoms with Crippen molar-refractivity contribution in [2.75, 3.05) is 5.33 Å². The number of benzene rings is 1. The zero-order valence-electron chi connectivity index (χ0n) is 10.9. The Morgan fingerprint density at radius 2 is 1.29 bits per heavy atom. The predicted molar refractivity (Wildman–Crippen MR) is 81.0 cm³/mol. The molecule has 0 aliphatic rings. The number of alkyl halides is 2. The molecule has 3 heteroatoms. The first-order chi connectivity index (χ1) is 7.82. The fraction of sp³-hybridized carbons (Fsp3) is 0.500. The lowest BCUT2D eigenvalue weighted by molar-refractivity contribution is 0.0996. The van der Waals surface area contributed by atoms with Crippen molar-refractivity contribution >= 4 is 37.6 Å². The smallest absolute Gasteiger partial charge is 0.177 e. The summed E-state index contributed by atoms with van der Waals surface area (Å²) in [5, 5.41) is 0.636. The minimum absolute atomic E-state index is 0.151. The van der Waals surface area contributed by atoms with Crippen molar-refractivity contribution in [2.45, 2.75) is 39.4 Å². The van der Waals surface area contributed by atoms with E-state index in [4.69, 9.17) is 0 Å². The van der Waals surface area contributed by atoms with Gasteiger partial charge in [-0.05, 0) is 62.4 Å². The van der Waals surface area contributed by atoms with Crippen LogP contribution >= 0.6 is 31.9 Å². The molecule has 0 aromatic heterocycles. The molecule has 1 nitrogen and oxygen atoms in total. The van der Waals surface area contributed by atoms with Gasteiger partial charge < -0.3 is 0 Å². The number of rotatable bonds is 3. The minimum atomic E-state index is -0.151. The van der Waals surface area contributed by atoms with Gasteiger partial charge in [0.25, 0.3) is 0 Å². The maximum absolute atomic E-state index is 12.4. The van der Waals surface area contributed by atoms with Crippen molar-refractivity contribution in [3.8, 4) is 0 Å². The molecular weight excluding hydrogens is 344 g/mol. The molecule has 0 bridgehead atoms. The molecule has 0 spiro atoms. The van der Waals surface area contributed by atoms with E-state index in [-0.39, 0.29) is 10.6 Å². The van der Waals surface area contributed by atoms with E-state index in [0.717, 1.165) is 16.7 Å². The number of carbonyl (C=O) groups excluding carboxylic acids is 1. The van der Waals surface area contributed by atoms with E-state index in [2.05, 4.69) is 52.6 Å². The third kappa shape index (κ3) is 2.65. The molecule has 94 valence electrons. The van der Waals surface area contributed by atoms with Crippen molar-refractivity contribution < 1.29 is 4.79 Å². The second kappa shape index (κ2) is 5.66. The summed E-state index contributed by atoms with van der Waals surface area (Å²) in [7, 11) is 0. The van der Waals surface area contributed by atoms with Crippen LogP contribution in [0.4, 0.5) is 0 Å². The SMILES string of the molecule is Cc1c(C)c(C)c(C(=O)C(Br)CBr)c(C)c1C.